The van der Waals surface area contributed by atoms with Gasteiger partial charge in [-0.25, -0.2) is 9.78 Å². The Morgan fingerprint density at radius 3 is 2.38 bits per heavy atom. The lowest BCUT2D eigenvalue weighted by Crippen LogP contribution is -2.19. The standard InChI is InChI=1S/C23H19N3O3/c1-28-20-9-5-8-19(14-20)25-23(27)24-18-12-10-17(11-13-18)22-26-21(15-29-22)16-6-3-2-4-7-16/h2-15H,1H3,(H2,24,25,27). The van der Waals surface area contributed by atoms with Gasteiger partial charge in [0.05, 0.1) is 7.11 Å². The molecule has 0 aliphatic carbocycles. The van der Waals surface area contributed by atoms with Gasteiger partial charge in [0.2, 0.25) is 5.89 Å². The number of ether oxygens (including phenoxy) is 1. The Hall–Kier alpha value is -4.06. The Balaban J connectivity index is 1.41. The number of benzene rings is 3. The van der Waals surface area contributed by atoms with Gasteiger partial charge in [-0.1, -0.05) is 36.4 Å². The zero-order chi connectivity index (χ0) is 20.1. The first kappa shape index (κ1) is 18.3. The molecule has 1 heterocycles. The molecule has 2 N–H and O–H groups in total. The molecule has 6 heteroatoms. The SMILES string of the molecule is COc1cccc(NC(=O)Nc2ccc(-c3nc(-c4ccccc4)co3)cc2)c1. The van der Waals surface area contributed by atoms with Crippen molar-refractivity contribution in [3.8, 4) is 28.5 Å². The zero-order valence-corrected chi connectivity index (χ0v) is 15.8. The predicted molar refractivity (Wildman–Crippen MR) is 113 cm³/mol. The van der Waals surface area contributed by atoms with Crippen molar-refractivity contribution in [1.82, 2.24) is 4.98 Å². The van der Waals surface area contributed by atoms with Gasteiger partial charge in [0, 0.05) is 28.6 Å². The van der Waals surface area contributed by atoms with Gasteiger partial charge in [-0.15, -0.1) is 0 Å². The van der Waals surface area contributed by atoms with Crippen molar-refractivity contribution in [3.63, 3.8) is 0 Å². The summed E-state index contributed by atoms with van der Waals surface area (Å²) in [6, 6.07) is 24.0. The number of urea groups is 1. The lowest BCUT2D eigenvalue weighted by atomic mass is 10.2. The Bertz CT molecular complexity index is 1110. The van der Waals surface area contributed by atoms with Crippen LogP contribution in [0.2, 0.25) is 0 Å². The second-order valence-electron chi connectivity index (χ2n) is 6.29. The summed E-state index contributed by atoms with van der Waals surface area (Å²) in [6.45, 7) is 0. The fraction of sp³-hybridized carbons (Fsp3) is 0.0435. The van der Waals surface area contributed by atoms with Gasteiger partial charge in [0.15, 0.2) is 0 Å². The van der Waals surface area contributed by atoms with Gasteiger partial charge in [0.1, 0.15) is 17.7 Å². The molecule has 4 rings (SSSR count). The van der Waals surface area contributed by atoms with Crippen molar-refractivity contribution < 1.29 is 13.9 Å². The van der Waals surface area contributed by atoms with Gasteiger partial charge >= 0.3 is 6.03 Å². The molecular weight excluding hydrogens is 366 g/mol. The lowest BCUT2D eigenvalue weighted by Gasteiger charge is -2.09. The number of rotatable bonds is 5. The minimum atomic E-state index is -0.339. The van der Waals surface area contributed by atoms with E-state index < -0.39 is 0 Å². The van der Waals surface area contributed by atoms with Crippen LogP contribution in [0.1, 0.15) is 0 Å². The average molecular weight is 385 g/mol. The van der Waals surface area contributed by atoms with Crippen LogP contribution in [0.3, 0.4) is 0 Å². The number of methoxy groups -OCH3 is 1. The number of nitrogens with zero attached hydrogens (tertiary/aromatic N) is 1. The summed E-state index contributed by atoms with van der Waals surface area (Å²) >= 11 is 0. The van der Waals surface area contributed by atoms with Crippen molar-refractivity contribution in [2.24, 2.45) is 0 Å². The van der Waals surface area contributed by atoms with E-state index in [0.29, 0.717) is 23.0 Å². The quantitative estimate of drug-likeness (QED) is 0.465. The third-order valence-corrected chi connectivity index (χ3v) is 4.29. The molecule has 0 radical (unpaired) electrons. The van der Waals surface area contributed by atoms with Crippen molar-refractivity contribution in [1.29, 1.82) is 0 Å². The summed E-state index contributed by atoms with van der Waals surface area (Å²) in [6.07, 6.45) is 1.64. The molecule has 0 saturated heterocycles. The summed E-state index contributed by atoms with van der Waals surface area (Å²) in [7, 11) is 1.58. The fourth-order valence-electron chi connectivity index (χ4n) is 2.84. The number of carbonyl (C=O) groups excluding carboxylic acids is 1. The second-order valence-corrected chi connectivity index (χ2v) is 6.29. The van der Waals surface area contributed by atoms with E-state index in [2.05, 4.69) is 15.6 Å². The molecule has 144 valence electrons. The summed E-state index contributed by atoms with van der Waals surface area (Å²) in [5.41, 5.74) is 3.90. The largest absolute Gasteiger partial charge is 0.497 e. The third-order valence-electron chi connectivity index (χ3n) is 4.29. The molecular formula is C23H19N3O3. The maximum absolute atomic E-state index is 12.2. The number of aromatic nitrogens is 1. The fourth-order valence-corrected chi connectivity index (χ4v) is 2.84. The average Bonchev–Trinajstić information content (AvgIpc) is 3.25. The van der Waals surface area contributed by atoms with Crippen LogP contribution in [0.5, 0.6) is 5.75 Å². The molecule has 0 saturated carbocycles. The minimum absolute atomic E-state index is 0.339. The second kappa shape index (κ2) is 8.31. The van der Waals surface area contributed by atoms with Crippen LogP contribution >= 0.6 is 0 Å². The number of carbonyl (C=O) groups is 1. The van der Waals surface area contributed by atoms with Crippen LogP contribution in [0.15, 0.2) is 89.5 Å². The van der Waals surface area contributed by atoms with E-state index in [0.717, 1.165) is 16.8 Å². The maximum Gasteiger partial charge on any atom is 0.323 e. The molecule has 0 aliphatic heterocycles. The first-order valence-electron chi connectivity index (χ1n) is 9.05. The minimum Gasteiger partial charge on any atom is -0.497 e. The summed E-state index contributed by atoms with van der Waals surface area (Å²) < 4.78 is 10.8. The molecule has 6 nitrogen and oxygen atoms in total. The van der Waals surface area contributed by atoms with Crippen molar-refractivity contribution in [2.75, 3.05) is 17.7 Å². The highest BCUT2D eigenvalue weighted by Gasteiger charge is 2.09. The Morgan fingerprint density at radius 1 is 0.862 bits per heavy atom. The van der Waals surface area contributed by atoms with Crippen LogP contribution in [0.4, 0.5) is 16.2 Å². The molecule has 0 bridgehead atoms. The highest BCUT2D eigenvalue weighted by atomic mass is 16.5. The molecule has 0 atom stereocenters. The molecule has 0 unspecified atom stereocenters. The maximum atomic E-state index is 12.2. The highest BCUT2D eigenvalue weighted by molar-refractivity contribution is 5.99. The van der Waals surface area contributed by atoms with Crippen LogP contribution in [-0.4, -0.2) is 18.1 Å². The van der Waals surface area contributed by atoms with Gasteiger partial charge in [-0.3, -0.25) is 0 Å². The number of hydrogen-bond acceptors (Lipinski definition) is 4. The Morgan fingerprint density at radius 2 is 1.62 bits per heavy atom. The van der Waals surface area contributed by atoms with E-state index >= 15 is 0 Å². The number of amides is 2. The first-order valence-corrected chi connectivity index (χ1v) is 9.05. The van der Waals surface area contributed by atoms with E-state index in [1.165, 1.54) is 0 Å². The topological polar surface area (TPSA) is 76.4 Å². The van der Waals surface area contributed by atoms with Gasteiger partial charge in [0.25, 0.3) is 0 Å². The molecule has 29 heavy (non-hydrogen) atoms. The number of nitrogens with one attached hydrogen (secondary N) is 2. The van der Waals surface area contributed by atoms with Crippen molar-refractivity contribution in [3.05, 3.63) is 85.1 Å². The third kappa shape index (κ3) is 4.44. The van der Waals surface area contributed by atoms with Crippen LogP contribution in [0.25, 0.3) is 22.7 Å². The monoisotopic (exact) mass is 385 g/mol. The van der Waals surface area contributed by atoms with Crippen molar-refractivity contribution >= 4 is 17.4 Å². The highest BCUT2D eigenvalue weighted by Crippen LogP contribution is 2.25. The van der Waals surface area contributed by atoms with Gasteiger partial charge < -0.3 is 19.8 Å². The molecule has 0 fully saturated rings. The van der Waals surface area contributed by atoms with Crippen LogP contribution in [0, 0.1) is 0 Å². The van der Waals surface area contributed by atoms with E-state index in [1.807, 2.05) is 54.6 Å². The molecule has 3 aromatic carbocycles. The molecule has 2 amide bonds. The van der Waals surface area contributed by atoms with E-state index in [9.17, 15) is 4.79 Å². The number of anilines is 2. The van der Waals surface area contributed by atoms with Crippen LogP contribution < -0.4 is 15.4 Å². The van der Waals surface area contributed by atoms with Crippen LogP contribution in [-0.2, 0) is 0 Å². The van der Waals surface area contributed by atoms with Crippen molar-refractivity contribution in [2.45, 2.75) is 0 Å². The summed E-state index contributed by atoms with van der Waals surface area (Å²) in [4.78, 5) is 16.7. The number of oxazole rings is 1. The molecule has 1 aromatic heterocycles. The zero-order valence-electron chi connectivity index (χ0n) is 15.8. The van der Waals surface area contributed by atoms with Gasteiger partial charge in [-0.2, -0.15) is 0 Å². The molecule has 0 spiro atoms. The smallest absolute Gasteiger partial charge is 0.323 e. The Kier molecular flexibility index (Phi) is 5.25. The van der Waals surface area contributed by atoms with Gasteiger partial charge in [-0.05, 0) is 36.4 Å². The Labute approximate surface area is 168 Å². The summed E-state index contributed by atoms with van der Waals surface area (Å²) in [5.74, 6) is 1.20. The van der Waals surface area contributed by atoms with E-state index in [-0.39, 0.29) is 6.03 Å². The van der Waals surface area contributed by atoms with E-state index in [4.69, 9.17) is 9.15 Å². The molecule has 0 aliphatic rings. The normalized spacial score (nSPS) is 10.4. The molecule has 4 aromatic rings. The summed E-state index contributed by atoms with van der Waals surface area (Å²) in [5, 5.41) is 5.57. The first-order chi connectivity index (χ1) is 14.2. The predicted octanol–water partition coefficient (Wildman–Crippen LogP) is 5.66. The number of hydrogen-bond donors (Lipinski definition) is 2. The van der Waals surface area contributed by atoms with E-state index in [1.54, 1.807) is 37.6 Å². The lowest BCUT2D eigenvalue weighted by molar-refractivity contribution is 0.262.